The van der Waals surface area contributed by atoms with Gasteiger partial charge in [-0.1, -0.05) is 12.1 Å². The molecule has 0 fully saturated rings. The second-order valence-corrected chi connectivity index (χ2v) is 7.22. The van der Waals surface area contributed by atoms with Gasteiger partial charge < -0.3 is 10.4 Å². The van der Waals surface area contributed by atoms with Crippen molar-refractivity contribution in [2.75, 3.05) is 18.6 Å². The van der Waals surface area contributed by atoms with E-state index in [0.717, 1.165) is 18.4 Å². The first-order valence-electron chi connectivity index (χ1n) is 6.25. The molecule has 0 spiro atoms. The molecular formula is C13H18F3NO3S. The summed E-state index contributed by atoms with van der Waals surface area (Å²) in [7, 11) is -3.13. The Kier molecular flexibility index (Phi) is 5.77. The zero-order valence-corrected chi connectivity index (χ0v) is 12.5. The highest BCUT2D eigenvalue weighted by atomic mass is 32.2. The Balaban J connectivity index is 2.58. The van der Waals surface area contributed by atoms with E-state index in [1.807, 2.05) is 0 Å². The number of benzene rings is 1. The largest absolute Gasteiger partial charge is 0.416 e. The zero-order valence-electron chi connectivity index (χ0n) is 11.7. The van der Waals surface area contributed by atoms with Crippen molar-refractivity contribution >= 4 is 9.84 Å². The minimum absolute atomic E-state index is 0.0576. The number of halogens is 3. The molecule has 0 aliphatic rings. The number of sulfone groups is 1. The third-order valence-corrected chi connectivity index (χ3v) is 3.94. The van der Waals surface area contributed by atoms with Crippen molar-refractivity contribution in [2.45, 2.75) is 25.2 Å². The zero-order chi connectivity index (χ0) is 16.3. The highest BCUT2D eigenvalue weighted by Gasteiger charge is 2.30. The van der Waals surface area contributed by atoms with E-state index in [1.165, 1.54) is 12.1 Å². The minimum Gasteiger partial charge on any atom is -0.387 e. The topological polar surface area (TPSA) is 66.4 Å². The number of alkyl halides is 3. The predicted molar refractivity (Wildman–Crippen MR) is 73.6 cm³/mol. The van der Waals surface area contributed by atoms with Crippen molar-refractivity contribution in [1.82, 2.24) is 5.32 Å². The Bertz CT molecular complexity index is 555. The molecule has 0 aliphatic carbocycles. The molecule has 0 aromatic heterocycles. The molecule has 1 rings (SSSR count). The van der Waals surface area contributed by atoms with Gasteiger partial charge in [-0.2, -0.15) is 13.2 Å². The van der Waals surface area contributed by atoms with Gasteiger partial charge in [0.05, 0.1) is 17.4 Å². The Hall–Kier alpha value is -1.12. The van der Waals surface area contributed by atoms with E-state index in [4.69, 9.17) is 0 Å². The van der Waals surface area contributed by atoms with Crippen LogP contribution in [0.3, 0.4) is 0 Å². The van der Waals surface area contributed by atoms with Gasteiger partial charge in [0.25, 0.3) is 0 Å². The minimum atomic E-state index is -4.41. The average Bonchev–Trinajstić information content (AvgIpc) is 2.33. The average molecular weight is 325 g/mol. The van der Waals surface area contributed by atoms with E-state index in [2.05, 4.69) is 5.32 Å². The molecular weight excluding hydrogens is 307 g/mol. The fourth-order valence-electron chi connectivity index (χ4n) is 1.84. The van der Waals surface area contributed by atoms with Crippen LogP contribution < -0.4 is 5.32 Å². The van der Waals surface area contributed by atoms with Crippen LogP contribution in [0, 0.1) is 0 Å². The Morgan fingerprint density at radius 3 is 2.19 bits per heavy atom. The maximum absolute atomic E-state index is 12.4. The third kappa shape index (κ3) is 6.45. The van der Waals surface area contributed by atoms with Crippen LogP contribution in [0.15, 0.2) is 24.3 Å². The summed E-state index contributed by atoms with van der Waals surface area (Å²) in [5.41, 5.74) is -0.445. The highest BCUT2D eigenvalue weighted by Crippen LogP contribution is 2.29. The number of aliphatic hydroxyl groups is 1. The summed E-state index contributed by atoms with van der Waals surface area (Å²) in [5, 5.41) is 12.7. The molecule has 1 aromatic carbocycles. The fourth-order valence-corrected chi connectivity index (χ4v) is 2.86. The number of hydrogen-bond donors (Lipinski definition) is 2. The van der Waals surface area contributed by atoms with Gasteiger partial charge in [0.15, 0.2) is 0 Å². The quantitative estimate of drug-likeness (QED) is 0.836. The molecule has 21 heavy (non-hydrogen) atoms. The fraction of sp³-hybridized carbons (Fsp3) is 0.538. The van der Waals surface area contributed by atoms with Crippen LogP contribution in [0.2, 0.25) is 0 Å². The monoisotopic (exact) mass is 325 g/mol. The van der Waals surface area contributed by atoms with Crippen molar-refractivity contribution in [3.63, 3.8) is 0 Å². The van der Waals surface area contributed by atoms with Crippen LogP contribution >= 0.6 is 0 Å². The van der Waals surface area contributed by atoms with E-state index in [9.17, 15) is 26.7 Å². The van der Waals surface area contributed by atoms with Gasteiger partial charge >= 0.3 is 6.18 Å². The lowest BCUT2D eigenvalue weighted by Crippen LogP contribution is -2.35. The molecule has 0 bridgehead atoms. The lowest BCUT2D eigenvalue weighted by Gasteiger charge is -2.17. The molecule has 2 unspecified atom stereocenters. The maximum atomic E-state index is 12.4. The van der Waals surface area contributed by atoms with E-state index < -0.39 is 27.7 Å². The lowest BCUT2D eigenvalue weighted by atomic mass is 10.1. The Morgan fingerprint density at radius 1 is 1.24 bits per heavy atom. The van der Waals surface area contributed by atoms with Crippen molar-refractivity contribution in [1.29, 1.82) is 0 Å². The number of aliphatic hydroxyl groups excluding tert-OH is 1. The van der Waals surface area contributed by atoms with Crippen LogP contribution in [0.1, 0.15) is 24.2 Å². The third-order valence-electron chi connectivity index (χ3n) is 2.84. The van der Waals surface area contributed by atoms with E-state index in [1.54, 1.807) is 6.92 Å². The molecule has 0 aliphatic heterocycles. The Labute approximate surface area is 121 Å². The van der Waals surface area contributed by atoms with Crippen molar-refractivity contribution < 1.29 is 26.7 Å². The summed E-state index contributed by atoms with van der Waals surface area (Å²) in [6.45, 7) is 1.71. The van der Waals surface area contributed by atoms with Crippen LogP contribution in [0.25, 0.3) is 0 Å². The standard InChI is InChI=1S/C13H18F3NO3S/c1-9(8-21(2,19)20)17-7-12(18)10-3-5-11(6-4-10)13(14,15)16/h3-6,9,12,17-18H,7-8H2,1-2H3. The second kappa shape index (κ2) is 6.76. The molecule has 2 atom stereocenters. The van der Waals surface area contributed by atoms with Gasteiger partial charge in [-0.05, 0) is 24.6 Å². The van der Waals surface area contributed by atoms with E-state index in [0.29, 0.717) is 5.56 Å². The first-order valence-corrected chi connectivity index (χ1v) is 8.31. The van der Waals surface area contributed by atoms with Gasteiger partial charge in [-0.15, -0.1) is 0 Å². The summed E-state index contributed by atoms with van der Waals surface area (Å²) in [6.07, 6.45) is -4.31. The van der Waals surface area contributed by atoms with Crippen LogP contribution in [0.4, 0.5) is 13.2 Å². The normalized spacial score (nSPS) is 15.7. The molecule has 4 nitrogen and oxygen atoms in total. The molecule has 8 heteroatoms. The summed E-state index contributed by atoms with van der Waals surface area (Å²) in [4.78, 5) is 0. The smallest absolute Gasteiger partial charge is 0.387 e. The van der Waals surface area contributed by atoms with Gasteiger partial charge in [0, 0.05) is 18.8 Å². The molecule has 1 aromatic rings. The van der Waals surface area contributed by atoms with Gasteiger partial charge in [0.1, 0.15) is 9.84 Å². The SMILES string of the molecule is CC(CS(C)(=O)=O)NCC(O)c1ccc(C(F)(F)F)cc1. The number of hydrogen-bond acceptors (Lipinski definition) is 4. The molecule has 0 amide bonds. The van der Waals surface area contributed by atoms with E-state index in [-0.39, 0.29) is 18.3 Å². The van der Waals surface area contributed by atoms with E-state index >= 15 is 0 Å². The van der Waals surface area contributed by atoms with Gasteiger partial charge in [-0.25, -0.2) is 8.42 Å². The molecule has 0 heterocycles. The summed E-state index contributed by atoms with van der Waals surface area (Å²) in [6, 6.07) is 3.85. The van der Waals surface area contributed by atoms with Crippen molar-refractivity contribution in [3.05, 3.63) is 35.4 Å². The van der Waals surface area contributed by atoms with Crippen molar-refractivity contribution in [2.24, 2.45) is 0 Å². The molecule has 2 N–H and O–H groups in total. The first kappa shape index (κ1) is 17.9. The Morgan fingerprint density at radius 2 is 1.76 bits per heavy atom. The van der Waals surface area contributed by atoms with Gasteiger partial charge in [-0.3, -0.25) is 0 Å². The molecule has 0 saturated heterocycles. The summed E-state index contributed by atoms with van der Waals surface area (Å²) < 4.78 is 59.4. The predicted octanol–water partition coefficient (Wildman–Crippen LogP) is 1.76. The van der Waals surface area contributed by atoms with Crippen LogP contribution in [-0.2, 0) is 16.0 Å². The summed E-state index contributed by atoms with van der Waals surface area (Å²) in [5.74, 6) is -0.0767. The van der Waals surface area contributed by atoms with Crippen molar-refractivity contribution in [3.8, 4) is 0 Å². The van der Waals surface area contributed by atoms with Gasteiger partial charge in [0.2, 0.25) is 0 Å². The maximum Gasteiger partial charge on any atom is 0.416 e. The molecule has 120 valence electrons. The van der Waals surface area contributed by atoms with Crippen LogP contribution in [0.5, 0.6) is 0 Å². The number of nitrogens with one attached hydrogen (secondary N) is 1. The van der Waals surface area contributed by atoms with Crippen LogP contribution in [-0.4, -0.2) is 38.1 Å². The number of rotatable bonds is 6. The molecule has 0 radical (unpaired) electrons. The second-order valence-electron chi connectivity index (χ2n) is 5.04. The summed E-state index contributed by atoms with van der Waals surface area (Å²) >= 11 is 0. The molecule has 0 saturated carbocycles. The lowest BCUT2D eigenvalue weighted by molar-refractivity contribution is -0.137. The highest BCUT2D eigenvalue weighted by molar-refractivity contribution is 7.90. The first-order chi connectivity index (χ1) is 9.49.